The standard InChI is InChI=1S/C16H23N3O2/c1-3-19-12-14(13-8-5-6-9-15(13)19)18-16(20)17-10-7-11-21-4-2/h5-6,8-9,12H,3-4,7,10-11H2,1-2H3,(H2,17,18,20). The summed E-state index contributed by atoms with van der Waals surface area (Å²) in [6.07, 6.45) is 2.79. The maximum Gasteiger partial charge on any atom is 0.319 e. The van der Waals surface area contributed by atoms with Gasteiger partial charge < -0.3 is 19.9 Å². The Morgan fingerprint density at radius 1 is 1.29 bits per heavy atom. The molecule has 0 saturated carbocycles. The number of urea groups is 1. The van der Waals surface area contributed by atoms with E-state index < -0.39 is 0 Å². The number of amides is 2. The van der Waals surface area contributed by atoms with Crippen LogP contribution in [0.4, 0.5) is 10.5 Å². The molecule has 1 aromatic heterocycles. The molecule has 0 unspecified atom stereocenters. The second-order valence-corrected chi connectivity index (χ2v) is 4.78. The van der Waals surface area contributed by atoms with Crippen molar-refractivity contribution < 1.29 is 9.53 Å². The molecule has 2 N–H and O–H groups in total. The normalized spacial score (nSPS) is 10.8. The largest absolute Gasteiger partial charge is 0.382 e. The summed E-state index contributed by atoms with van der Waals surface area (Å²) in [6, 6.07) is 7.89. The smallest absolute Gasteiger partial charge is 0.319 e. The highest BCUT2D eigenvalue weighted by Crippen LogP contribution is 2.25. The summed E-state index contributed by atoms with van der Waals surface area (Å²) in [5.74, 6) is 0. The molecular weight excluding hydrogens is 266 g/mol. The number of hydrogen-bond donors (Lipinski definition) is 2. The van der Waals surface area contributed by atoms with Gasteiger partial charge in [0.25, 0.3) is 0 Å². The molecule has 0 aliphatic heterocycles. The van der Waals surface area contributed by atoms with Gasteiger partial charge in [-0.25, -0.2) is 4.79 Å². The van der Waals surface area contributed by atoms with E-state index in [0.717, 1.165) is 29.6 Å². The Bertz CT molecular complexity index is 592. The summed E-state index contributed by atoms with van der Waals surface area (Å²) >= 11 is 0. The number of fused-ring (bicyclic) bond motifs is 1. The monoisotopic (exact) mass is 289 g/mol. The van der Waals surface area contributed by atoms with Gasteiger partial charge >= 0.3 is 6.03 Å². The molecule has 1 heterocycles. The maximum absolute atomic E-state index is 11.9. The first kappa shape index (κ1) is 15.4. The first-order valence-electron chi connectivity index (χ1n) is 7.46. The van der Waals surface area contributed by atoms with Crippen LogP contribution in [0.5, 0.6) is 0 Å². The molecule has 2 rings (SSSR count). The van der Waals surface area contributed by atoms with Crippen LogP contribution in [0.1, 0.15) is 20.3 Å². The molecule has 0 bridgehead atoms. The Hall–Kier alpha value is -2.01. The number of benzene rings is 1. The highest BCUT2D eigenvalue weighted by atomic mass is 16.5. The number of carbonyl (C=O) groups excluding carboxylic acids is 1. The Labute approximate surface area is 125 Å². The van der Waals surface area contributed by atoms with Crippen molar-refractivity contribution in [1.29, 1.82) is 0 Å². The van der Waals surface area contributed by atoms with Crippen molar-refractivity contribution in [3.8, 4) is 0 Å². The quantitative estimate of drug-likeness (QED) is 0.769. The van der Waals surface area contributed by atoms with Crippen molar-refractivity contribution >= 4 is 22.6 Å². The van der Waals surface area contributed by atoms with E-state index in [2.05, 4.69) is 28.2 Å². The van der Waals surface area contributed by atoms with Gasteiger partial charge in [0, 0.05) is 37.9 Å². The van der Waals surface area contributed by atoms with Gasteiger partial charge in [-0.15, -0.1) is 0 Å². The molecule has 0 saturated heterocycles. The molecule has 2 aromatic rings. The van der Waals surface area contributed by atoms with Gasteiger partial charge in [-0.3, -0.25) is 0 Å². The first-order valence-corrected chi connectivity index (χ1v) is 7.46. The van der Waals surface area contributed by atoms with Gasteiger partial charge in [-0.05, 0) is 26.3 Å². The number of carbonyl (C=O) groups is 1. The highest BCUT2D eigenvalue weighted by molar-refractivity contribution is 6.01. The SMILES string of the molecule is CCOCCCNC(=O)Nc1cn(CC)c2ccccc12. The Morgan fingerprint density at radius 3 is 2.86 bits per heavy atom. The number of rotatable bonds is 7. The van der Waals surface area contributed by atoms with Crippen LogP contribution in [0.15, 0.2) is 30.5 Å². The number of para-hydroxylation sites is 1. The minimum absolute atomic E-state index is 0.175. The second kappa shape index (κ2) is 7.69. The average Bonchev–Trinajstić information content (AvgIpc) is 2.85. The molecule has 21 heavy (non-hydrogen) atoms. The van der Waals surface area contributed by atoms with Crippen molar-refractivity contribution in [3.63, 3.8) is 0 Å². The molecule has 0 aliphatic carbocycles. The second-order valence-electron chi connectivity index (χ2n) is 4.78. The van der Waals surface area contributed by atoms with E-state index in [1.165, 1.54) is 0 Å². The number of hydrogen-bond acceptors (Lipinski definition) is 2. The van der Waals surface area contributed by atoms with Gasteiger partial charge in [0.05, 0.1) is 11.2 Å². The van der Waals surface area contributed by atoms with Gasteiger partial charge in [0.15, 0.2) is 0 Å². The molecule has 0 spiro atoms. The van der Waals surface area contributed by atoms with Crippen molar-refractivity contribution in [2.45, 2.75) is 26.8 Å². The minimum Gasteiger partial charge on any atom is -0.382 e. The van der Waals surface area contributed by atoms with Crippen molar-refractivity contribution in [2.24, 2.45) is 0 Å². The van der Waals surface area contributed by atoms with E-state index in [-0.39, 0.29) is 6.03 Å². The summed E-state index contributed by atoms with van der Waals surface area (Å²) < 4.78 is 7.36. The summed E-state index contributed by atoms with van der Waals surface area (Å²) in [5.41, 5.74) is 1.97. The molecule has 1 aromatic carbocycles. The zero-order chi connectivity index (χ0) is 15.1. The van der Waals surface area contributed by atoms with E-state index in [9.17, 15) is 4.79 Å². The molecule has 0 radical (unpaired) electrons. The van der Waals surface area contributed by atoms with Crippen LogP contribution in [-0.2, 0) is 11.3 Å². The van der Waals surface area contributed by atoms with Gasteiger partial charge in [0.1, 0.15) is 0 Å². The zero-order valence-corrected chi connectivity index (χ0v) is 12.7. The lowest BCUT2D eigenvalue weighted by molar-refractivity contribution is 0.145. The van der Waals surface area contributed by atoms with Crippen LogP contribution in [0, 0.1) is 0 Å². The van der Waals surface area contributed by atoms with E-state index in [1.807, 2.05) is 31.3 Å². The maximum atomic E-state index is 11.9. The fourth-order valence-corrected chi connectivity index (χ4v) is 2.30. The molecule has 0 atom stereocenters. The highest BCUT2D eigenvalue weighted by Gasteiger charge is 2.09. The van der Waals surface area contributed by atoms with Crippen molar-refractivity contribution in [1.82, 2.24) is 9.88 Å². The Balaban J connectivity index is 1.95. The zero-order valence-electron chi connectivity index (χ0n) is 12.7. The lowest BCUT2D eigenvalue weighted by Crippen LogP contribution is -2.30. The van der Waals surface area contributed by atoms with Crippen molar-refractivity contribution in [3.05, 3.63) is 30.5 Å². The van der Waals surface area contributed by atoms with Gasteiger partial charge in [0.2, 0.25) is 0 Å². The molecule has 5 heteroatoms. The fourth-order valence-electron chi connectivity index (χ4n) is 2.30. The topological polar surface area (TPSA) is 55.3 Å². The number of nitrogens with one attached hydrogen (secondary N) is 2. The number of ether oxygens (including phenoxy) is 1. The fraction of sp³-hybridized carbons (Fsp3) is 0.438. The molecule has 0 fully saturated rings. The predicted molar refractivity (Wildman–Crippen MR) is 85.7 cm³/mol. The van der Waals surface area contributed by atoms with E-state index in [1.54, 1.807) is 0 Å². The van der Waals surface area contributed by atoms with E-state index >= 15 is 0 Å². The van der Waals surface area contributed by atoms with Crippen molar-refractivity contribution in [2.75, 3.05) is 25.1 Å². The van der Waals surface area contributed by atoms with Crippen LogP contribution in [0.25, 0.3) is 10.9 Å². The molecular formula is C16H23N3O2. The van der Waals surface area contributed by atoms with Gasteiger partial charge in [-0.2, -0.15) is 0 Å². The summed E-state index contributed by atoms with van der Waals surface area (Å²) in [6.45, 7) is 6.92. The summed E-state index contributed by atoms with van der Waals surface area (Å²) in [5, 5.41) is 6.82. The summed E-state index contributed by atoms with van der Waals surface area (Å²) in [7, 11) is 0. The molecule has 2 amide bonds. The van der Waals surface area contributed by atoms with Crippen LogP contribution < -0.4 is 10.6 Å². The van der Waals surface area contributed by atoms with Gasteiger partial charge in [-0.1, -0.05) is 18.2 Å². The minimum atomic E-state index is -0.175. The van der Waals surface area contributed by atoms with Crippen LogP contribution in [0.3, 0.4) is 0 Å². The third-order valence-corrected chi connectivity index (χ3v) is 3.33. The lowest BCUT2D eigenvalue weighted by atomic mass is 10.2. The third kappa shape index (κ3) is 3.98. The lowest BCUT2D eigenvalue weighted by Gasteiger charge is -2.06. The van der Waals surface area contributed by atoms with Crippen LogP contribution in [0.2, 0.25) is 0 Å². The van der Waals surface area contributed by atoms with E-state index in [0.29, 0.717) is 19.8 Å². The molecule has 114 valence electrons. The third-order valence-electron chi connectivity index (χ3n) is 3.33. The Kier molecular flexibility index (Phi) is 5.63. The first-order chi connectivity index (χ1) is 10.3. The average molecular weight is 289 g/mol. The summed E-state index contributed by atoms with van der Waals surface area (Å²) in [4.78, 5) is 11.9. The number of aryl methyl sites for hydroxylation is 1. The molecule has 0 aliphatic rings. The van der Waals surface area contributed by atoms with Crippen LogP contribution in [-0.4, -0.2) is 30.4 Å². The number of nitrogens with zero attached hydrogens (tertiary/aromatic N) is 1. The number of aromatic nitrogens is 1. The molecule has 5 nitrogen and oxygen atoms in total. The Morgan fingerprint density at radius 2 is 2.10 bits per heavy atom. The predicted octanol–water partition coefficient (Wildman–Crippen LogP) is 3.21. The number of anilines is 1. The van der Waals surface area contributed by atoms with Crippen LogP contribution >= 0.6 is 0 Å². The van der Waals surface area contributed by atoms with E-state index in [4.69, 9.17) is 4.74 Å².